The highest BCUT2D eigenvalue weighted by molar-refractivity contribution is 6.32. The van der Waals surface area contributed by atoms with E-state index in [1.807, 2.05) is 24.3 Å². The summed E-state index contributed by atoms with van der Waals surface area (Å²) in [6, 6.07) is 14.2. The van der Waals surface area contributed by atoms with Crippen LogP contribution < -0.4 is 5.32 Å². The van der Waals surface area contributed by atoms with E-state index >= 15 is 0 Å². The fourth-order valence-corrected chi connectivity index (χ4v) is 2.69. The number of rotatable bonds is 4. The molecule has 0 aliphatic heterocycles. The molecule has 4 nitrogen and oxygen atoms in total. The predicted molar refractivity (Wildman–Crippen MR) is 92.7 cm³/mol. The fourth-order valence-electron chi connectivity index (χ4n) is 2.32. The van der Waals surface area contributed by atoms with Crippen LogP contribution in [0.2, 0.25) is 10.2 Å². The second kappa shape index (κ2) is 6.72. The number of fused-ring (bicyclic) bond motifs is 1. The van der Waals surface area contributed by atoms with E-state index in [1.54, 1.807) is 24.3 Å². The molecule has 0 unspecified atom stereocenters. The third kappa shape index (κ3) is 3.74. The monoisotopic (exact) mass is 348 g/mol. The average Bonchev–Trinajstić information content (AvgIpc) is 2.53. The summed E-state index contributed by atoms with van der Waals surface area (Å²) in [6.45, 7) is 0.559. The first-order chi connectivity index (χ1) is 11.0. The summed E-state index contributed by atoms with van der Waals surface area (Å²) in [5, 5.41) is 23.4. The maximum atomic E-state index is 9.10. The summed E-state index contributed by atoms with van der Waals surface area (Å²) in [4.78, 5) is 4.27. The van der Waals surface area contributed by atoms with Gasteiger partial charge in [-0.05, 0) is 29.8 Å². The van der Waals surface area contributed by atoms with Gasteiger partial charge in [-0.2, -0.15) is 0 Å². The van der Waals surface area contributed by atoms with Gasteiger partial charge in [-0.15, -0.1) is 0 Å². The fraction of sp³-hybridized carbons (Fsp3) is 0.118. The SMILES string of the molecule is OC(O)c1ccc(CNc2cc(Cl)nc3ccc(Cl)cc23)cc1. The molecule has 0 aliphatic carbocycles. The lowest BCUT2D eigenvalue weighted by Gasteiger charge is -2.11. The number of nitrogens with zero attached hydrogens (tertiary/aromatic N) is 1. The quantitative estimate of drug-likeness (QED) is 0.489. The Hall–Kier alpha value is -1.85. The van der Waals surface area contributed by atoms with Gasteiger partial charge < -0.3 is 15.5 Å². The number of anilines is 1. The Morgan fingerprint density at radius 2 is 1.74 bits per heavy atom. The van der Waals surface area contributed by atoms with Crippen LogP contribution in [-0.2, 0) is 6.54 Å². The van der Waals surface area contributed by atoms with Crippen LogP contribution in [0.3, 0.4) is 0 Å². The molecule has 1 aromatic heterocycles. The first-order valence-electron chi connectivity index (χ1n) is 6.97. The number of aliphatic hydroxyl groups is 2. The Labute approximate surface area is 143 Å². The van der Waals surface area contributed by atoms with Gasteiger partial charge in [-0.25, -0.2) is 4.98 Å². The van der Waals surface area contributed by atoms with Crippen molar-refractivity contribution in [2.45, 2.75) is 12.8 Å². The number of pyridine rings is 1. The molecule has 118 valence electrons. The van der Waals surface area contributed by atoms with Crippen molar-refractivity contribution in [2.24, 2.45) is 0 Å². The number of benzene rings is 2. The van der Waals surface area contributed by atoms with Crippen molar-refractivity contribution in [2.75, 3.05) is 5.32 Å². The molecule has 0 spiro atoms. The molecule has 0 aliphatic rings. The zero-order valence-corrected chi connectivity index (χ0v) is 13.5. The average molecular weight is 349 g/mol. The summed E-state index contributed by atoms with van der Waals surface area (Å²) in [5.41, 5.74) is 3.06. The van der Waals surface area contributed by atoms with Crippen LogP contribution in [0, 0.1) is 0 Å². The number of hydrogen-bond acceptors (Lipinski definition) is 4. The van der Waals surface area contributed by atoms with E-state index in [0.29, 0.717) is 22.3 Å². The minimum Gasteiger partial charge on any atom is -0.380 e. The summed E-state index contributed by atoms with van der Waals surface area (Å²) in [5.74, 6) is 0. The Morgan fingerprint density at radius 1 is 1.00 bits per heavy atom. The number of nitrogens with one attached hydrogen (secondary N) is 1. The number of aromatic nitrogens is 1. The maximum Gasteiger partial charge on any atom is 0.178 e. The van der Waals surface area contributed by atoms with Gasteiger partial charge >= 0.3 is 0 Å². The molecule has 0 atom stereocenters. The van der Waals surface area contributed by atoms with Crippen LogP contribution >= 0.6 is 23.2 Å². The molecule has 0 saturated heterocycles. The molecular weight excluding hydrogens is 335 g/mol. The summed E-state index contributed by atoms with van der Waals surface area (Å²) < 4.78 is 0. The minimum absolute atomic E-state index is 0.404. The van der Waals surface area contributed by atoms with Gasteiger partial charge in [-0.3, -0.25) is 0 Å². The van der Waals surface area contributed by atoms with Crippen LogP contribution in [0.25, 0.3) is 10.9 Å². The van der Waals surface area contributed by atoms with E-state index in [9.17, 15) is 0 Å². The predicted octanol–water partition coefficient (Wildman–Crippen LogP) is 4.14. The molecule has 2 aromatic carbocycles. The van der Waals surface area contributed by atoms with Crippen LogP contribution in [0.5, 0.6) is 0 Å². The van der Waals surface area contributed by atoms with Gasteiger partial charge in [0.05, 0.1) is 5.52 Å². The van der Waals surface area contributed by atoms with Crippen molar-refractivity contribution in [3.63, 3.8) is 0 Å². The zero-order valence-electron chi connectivity index (χ0n) is 12.0. The highest BCUT2D eigenvalue weighted by atomic mass is 35.5. The molecule has 0 saturated carbocycles. The van der Waals surface area contributed by atoms with Gasteiger partial charge in [0, 0.05) is 28.2 Å². The summed E-state index contributed by atoms with van der Waals surface area (Å²) in [7, 11) is 0. The molecule has 0 radical (unpaired) electrons. The largest absolute Gasteiger partial charge is 0.380 e. The number of hydrogen-bond donors (Lipinski definition) is 3. The van der Waals surface area contributed by atoms with Gasteiger partial charge in [0.25, 0.3) is 0 Å². The molecule has 1 heterocycles. The number of aliphatic hydroxyl groups excluding tert-OH is 1. The summed E-state index contributed by atoms with van der Waals surface area (Å²) in [6.07, 6.45) is -1.46. The van der Waals surface area contributed by atoms with Gasteiger partial charge in [0.1, 0.15) is 5.15 Å². The van der Waals surface area contributed by atoms with Crippen LogP contribution in [-0.4, -0.2) is 15.2 Å². The van der Waals surface area contributed by atoms with Crippen molar-refractivity contribution in [3.8, 4) is 0 Å². The Morgan fingerprint density at radius 3 is 2.43 bits per heavy atom. The Balaban J connectivity index is 1.85. The standard InChI is InChI=1S/C17H14Cl2N2O2/c18-12-5-6-14-13(7-12)15(8-16(19)21-14)20-9-10-1-3-11(4-2-10)17(22)23/h1-8,17,22-23H,9H2,(H,20,21). The molecule has 0 bridgehead atoms. The molecule has 3 aromatic rings. The maximum absolute atomic E-state index is 9.10. The first-order valence-corrected chi connectivity index (χ1v) is 7.73. The molecule has 23 heavy (non-hydrogen) atoms. The second-order valence-electron chi connectivity index (χ2n) is 5.12. The van der Waals surface area contributed by atoms with Crippen LogP contribution in [0.1, 0.15) is 17.4 Å². The Kier molecular flexibility index (Phi) is 4.68. The lowest BCUT2D eigenvalue weighted by Crippen LogP contribution is -2.02. The zero-order chi connectivity index (χ0) is 16.4. The van der Waals surface area contributed by atoms with E-state index in [0.717, 1.165) is 22.2 Å². The van der Waals surface area contributed by atoms with Gasteiger partial charge in [-0.1, -0.05) is 47.5 Å². The van der Waals surface area contributed by atoms with Crippen molar-refractivity contribution in [1.82, 2.24) is 4.98 Å². The normalized spacial score (nSPS) is 11.2. The second-order valence-corrected chi connectivity index (χ2v) is 5.95. The van der Waals surface area contributed by atoms with Crippen molar-refractivity contribution in [1.29, 1.82) is 0 Å². The van der Waals surface area contributed by atoms with E-state index in [4.69, 9.17) is 33.4 Å². The minimum atomic E-state index is -1.46. The molecule has 0 fully saturated rings. The summed E-state index contributed by atoms with van der Waals surface area (Å²) >= 11 is 12.1. The third-order valence-electron chi connectivity index (χ3n) is 3.50. The topological polar surface area (TPSA) is 65.4 Å². The lowest BCUT2D eigenvalue weighted by atomic mass is 10.1. The number of halogens is 2. The Bertz CT molecular complexity index is 836. The van der Waals surface area contributed by atoms with E-state index in [2.05, 4.69) is 10.3 Å². The van der Waals surface area contributed by atoms with Crippen molar-refractivity contribution >= 4 is 39.8 Å². The first kappa shape index (κ1) is 16.0. The molecule has 3 N–H and O–H groups in total. The van der Waals surface area contributed by atoms with E-state index < -0.39 is 6.29 Å². The van der Waals surface area contributed by atoms with E-state index in [1.165, 1.54) is 0 Å². The van der Waals surface area contributed by atoms with Crippen molar-refractivity contribution in [3.05, 3.63) is 69.8 Å². The molecule has 3 rings (SSSR count). The van der Waals surface area contributed by atoms with E-state index in [-0.39, 0.29) is 0 Å². The highest BCUT2D eigenvalue weighted by Crippen LogP contribution is 2.28. The molecule has 6 heteroatoms. The smallest absolute Gasteiger partial charge is 0.178 e. The highest BCUT2D eigenvalue weighted by Gasteiger charge is 2.06. The third-order valence-corrected chi connectivity index (χ3v) is 3.93. The lowest BCUT2D eigenvalue weighted by molar-refractivity contribution is -0.0424. The van der Waals surface area contributed by atoms with Crippen LogP contribution in [0.15, 0.2) is 48.5 Å². The van der Waals surface area contributed by atoms with Crippen LogP contribution in [0.4, 0.5) is 5.69 Å². The molecular formula is C17H14Cl2N2O2. The van der Waals surface area contributed by atoms with Crippen molar-refractivity contribution < 1.29 is 10.2 Å². The van der Waals surface area contributed by atoms with Gasteiger partial charge in [0.2, 0.25) is 0 Å². The molecule has 0 amide bonds. The van der Waals surface area contributed by atoms with Gasteiger partial charge in [0.15, 0.2) is 6.29 Å².